The van der Waals surface area contributed by atoms with Crippen molar-refractivity contribution in [2.24, 2.45) is 0 Å². The maximum Gasteiger partial charge on any atom is 0.141 e. The normalized spacial score (nSPS) is 9.73. The molecular weight excluding hydrogens is 187 g/mol. The van der Waals surface area contributed by atoms with Gasteiger partial charge in [-0.2, -0.15) is 0 Å². The topological polar surface area (TPSA) is 29.5 Å². The van der Waals surface area contributed by atoms with Gasteiger partial charge in [-0.05, 0) is 6.07 Å². The highest BCUT2D eigenvalue weighted by Crippen LogP contribution is 2.34. The molecule has 0 aromatic heterocycles. The monoisotopic (exact) mass is 192 g/mol. The molecule has 0 saturated carbocycles. The molecule has 1 aromatic rings. The second-order valence-corrected chi connectivity index (χ2v) is 2.75. The van der Waals surface area contributed by atoms with Crippen LogP contribution in [0.3, 0.4) is 0 Å². The molecule has 2 nitrogen and oxygen atoms in total. The summed E-state index contributed by atoms with van der Waals surface area (Å²) in [6.45, 7) is 0. The van der Waals surface area contributed by atoms with Crippen LogP contribution in [-0.2, 0) is 0 Å². The first-order valence-corrected chi connectivity index (χ1v) is 3.62. The van der Waals surface area contributed by atoms with Crippen LogP contribution in [0.15, 0.2) is 12.1 Å². The molecule has 1 aromatic carbocycles. The smallest absolute Gasteiger partial charge is 0.141 e. The van der Waals surface area contributed by atoms with Crippen LogP contribution in [0.2, 0.25) is 10.0 Å². The molecule has 0 fully saturated rings. The predicted octanol–water partition coefficient (Wildman–Crippen LogP) is 2.71. The van der Waals surface area contributed by atoms with Crippen LogP contribution >= 0.6 is 23.2 Å². The third kappa shape index (κ3) is 1.70. The van der Waals surface area contributed by atoms with Crippen molar-refractivity contribution in [1.82, 2.24) is 0 Å². The van der Waals surface area contributed by atoms with Crippen LogP contribution in [0.4, 0.5) is 0 Å². The molecule has 0 amide bonds. The molecule has 0 saturated heterocycles. The van der Waals surface area contributed by atoms with Crippen LogP contribution in [0.1, 0.15) is 0 Å². The molecule has 0 spiro atoms. The van der Waals surface area contributed by atoms with E-state index < -0.39 is 0 Å². The summed E-state index contributed by atoms with van der Waals surface area (Å²) in [6.07, 6.45) is 0. The Labute approximate surface area is 74.3 Å². The minimum absolute atomic E-state index is 0.0343. The first-order valence-electron chi connectivity index (χ1n) is 2.87. The Hall–Kier alpha value is -0.600. The summed E-state index contributed by atoms with van der Waals surface area (Å²) in [7, 11) is 1.47. The number of ether oxygens (including phenoxy) is 1. The zero-order valence-corrected chi connectivity index (χ0v) is 7.28. The van der Waals surface area contributed by atoms with E-state index in [0.29, 0.717) is 10.8 Å². The molecule has 0 aliphatic carbocycles. The Morgan fingerprint density at radius 2 is 1.91 bits per heavy atom. The van der Waals surface area contributed by atoms with E-state index in [1.54, 1.807) is 0 Å². The first-order chi connectivity index (χ1) is 5.15. The number of methoxy groups -OCH3 is 1. The summed E-state index contributed by atoms with van der Waals surface area (Å²) in [5, 5.41) is 9.69. The molecule has 11 heavy (non-hydrogen) atoms. The Morgan fingerprint density at radius 3 is 2.45 bits per heavy atom. The standard InChI is InChI=1S/C7H6Cl2O2/c1-11-7-3-6(10)4(8)2-5(7)9/h2-3,10H,1H3. The van der Waals surface area contributed by atoms with Gasteiger partial charge in [0.2, 0.25) is 0 Å². The molecule has 0 unspecified atom stereocenters. The maximum atomic E-state index is 9.09. The molecule has 60 valence electrons. The van der Waals surface area contributed by atoms with Gasteiger partial charge in [0.05, 0.1) is 17.2 Å². The van der Waals surface area contributed by atoms with Crippen LogP contribution in [0.25, 0.3) is 0 Å². The molecule has 1 rings (SSSR count). The van der Waals surface area contributed by atoms with Gasteiger partial charge >= 0.3 is 0 Å². The average molecular weight is 193 g/mol. The van der Waals surface area contributed by atoms with Gasteiger partial charge < -0.3 is 9.84 Å². The Kier molecular flexibility index (Phi) is 2.47. The van der Waals surface area contributed by atoms with Crippen molar-refractivity contribution in [2.75, 3.05) is 7.11 Å². The summed E-state index contributed by atoms with van der Waals surface area (Å²) in [4.78, 5) is 0. The van der Waals surface area contributed by atoms with Crippen molar-refractivity contribution >= 4 is 23.2 Å². The number of rotatable bonds is 1. The van der Waals surface area contributed by atoms with Crippen molar-refractivity contribution in [3.8, 4) is 11.5 Å². The summed E-state index contributed by atoms with van der Waals surface area (Å²) in [5.74, 6) is 0.376. The SMILES string of the molecule is COc1cc(O)c(Cl)cc1Cl. The van der Waals surface area contributed by atoms with Crippen molar-refractivity contribution < 1.29 is 9.84 Å². The zero-order chi connectivity index (χ0) is 8.43. The van der Waals surface area contributed by atoms with Gasteiger partial charge in [-0.15, -0.1) is 0 Å². The third-order valence-electron chi connectivity index (χ3n) is 1.22. The van der Waals surface area contributed by atoms with E-state index >= 15 is 0 Å². The first kappa shape index (κ1) is 8.50. The number of phenols is 1. The van der Waals surface area contributed by atoms with E-state index in [1.807, 2.05) is 0 Å². The van der Waals surface area contributed by atoms with Gasteiger partial charge in [-0.3, -0.25) is 0 Å². The van der Waals surface area contributed by atoms with Crippen molar-refractivity contribution in [3.63, 3.8) is 0 Å². The highest BCUT2D eigenvalue weighted by molar-refractivity contribution is 6.36. The van der Waals surface area contributed by atoms with Gasteiger partial charge in [-0.25, -0.2) is 0 Å². The molecule has 4 heteroatoms. The zero-order valence-electron chi connectivity index (χ0n) is 5.77. The summed E-state index contributed by atoms with van der Waals surface area (Å²) < 4.78 is 4.83. The molecule has 0 aliphatic heterocycles. The van der Waals surface area contributed by atoms with Crippen molar-refractivity contribution in [2.45, 2.75) is 0 Å². The highest BCUT2D eigenvalue weighted by atomic mass is 35.5. The number of halogens is 2. The number of hydrogen-bond acceptors (Lipinski definition) is 2. The molecule has 0 atom stereocenters. The molecule has 0 heterocycles. The molecule has 0 aliphatic rings. The van der Waals surface area contributed by atoms with Crippen LogP contribution < -0.4 is 4.74 Å². The minimum Gasteiger partial charge on any atom is -0.506 e. The Balaban J connectivity index is 3.21. The predicted molar refractivity (Wildman–Crippen MR) is 44.7 cm³/mol. The average Bonchev–Trinajstić information content (AvgIpc) is 1.97. The van der Waals surface area contributed by atoms with E-state index in [-0.39, 0.29) is 10.8 Å². The number of aromatic hydroxyl groups is 1. The molecular formula is C7H6Cl2O2. The van der Waals surface area contributed by atoms with Crippen molar-refractivity contribution in [3.05, 3.63) is 22.2 Å². The summed E-state index contributed by atoms with van der Waals surface area (Å²) >= 11 is 11.2. The van der Waals surface area contributed by atoms with E-state index in [4.69, 9.17) is 33.0 Å². The van der Waals surface area contributed by atoms with Gasteiger partial charge in [0.15, 0.2) is 0 Å². The van der Waals surface area contributed by atoms with Gasteiger partial charge in [0, 0.05) is 6.07 Å². The second-order valence-electron chi connectivity index (χ2n) is 1.94. The Bertz CT molecular complexity index is 273. The van der Waals surface area contributed by atoms with E-state index in [0.717, 1.165) is 0 Å². The van der Waals surface area contributed by atoms with Crippen LogP contribution in [0.5, 0.6) is 11.5 Å². The second kappa shape index (κ2) is 3.20. The highest BCUT2D eigenvalue weighted by Gasteiger charge is 2.05. The fourth-order valence-corrected chi connectivity index (χ4v) is 1.14. The van der Waals surface area contributed by atoms with E-state index in [1.165, 1.54) is 19.2 Å². The number of hydrogen-bond donors (Lipinski definition) is 1. The lowest BCUT2D eigenvalue weighted by molar-refractivity contribution is 0.408. The van der Waals surface area contributed by atoms with Gasteiger partial charge in [0.25, 0.3) is 0 Å². The maximum absolute atomic E-state index is 9.09. The lowest BCUT2D eigenvalue weighted by atomic mass is 10.3. The van der Waals surface area contributed by atoms with Gasteiger partial charge in [0.1, 0.15) is 11.5 Å². The van der Waals surface area contributed by atoms with E-state index in [9.17, 15) is 0 Å². The van der Waals surface area contributed by atoms with Crippen LogP contribution in [0, 0.1) is 0 Å². The van der Waals surface area contributed by atoms with Crippen molar-refractivity contribution in [1.29, 1.82) is 0 Å². The fraction of sp³-hybridized carbons (Fsp3) is 0.143. The lowest BCUT2D eigenvalue weighted by Crippen LogP contribution is -1.83. The summed E-state index contributed by atoms with van der Waals surface area (Å²) in [6, 6.07) is 2.79. The quantitative estimate of drug-likeness (QED) is 0.742. The molecule has 1 N–H and O–H groups in total. The molecule has 0 radical (unpaired) electrons. The van der Waals surface area contributed by atoms with Crippen LogP contribution in [-0.4, -0.2) is 12.2 Å². The Morgan fingerprint density at radius 1 is 1.27 bits per heavy atom. The number of benzene rings is 1. The minimum atomic E-state index is -0.0343. The molecule has 0 bridgehead atoms. The number of phenolic OH excluding ortho intramolecular Hbond substituents is 1. The lowest BCUT2D eigenvalue weighted by Gasteiger charge is -2.03. The van der Waals surface area contributed by atoms with Gasteiger partial charge in [-0.1, -0.05) is 23.2 Å². The third-order valence-corrected chi connectivity index (χ3v) is 1.82. The summed E-state index contributed by atoms with van der Waals surface area (Å²) in [5.41, 5.74) is 0. The fourth-order valence-electron chi connectivity index (χ4n) is 0.675. The van der Waals surface area contributed by atoms with E-state index in [2.05, 4.69) is 0 Å². The largest absolute Gasteiger partial charge is 0.506 e.